The standard InChI is InChI=1S/C21H27NO3/c1-2-14-24-16-19-8-10-21(11-9-19)25-17-20(23)15-22-13-12-18-6-4-3-5-7-18/h2-11,20,22-23H,1,12-17H2. The third kappa shape index (κ3) is 7.98. The van der Waals surface area contributed by atoms with Crippen LogP contribution < -0.4 is 10.1 Å². The van der Waals surface area contributed by atoms with E-state index in [1.165, 1.54) is 5.56 Å². The number of ether oxygens (including phenoxy) is 2. The maximum Gasteiger partial charge on any atom is 0.119 e. The largest absolute Gasteiger partial charge is 0.491 e. The minimum atomic E-state index is -0.536. The zero-order valence-corrected chi connectivity index (χ0v) is 14.6. The lowest BCUT2D eigenvalue weighted by Crippen LogP contribution is -2.32. The molecule has 1 unspecified atom stereocenters. The Morgan fingerprint density at radius 1 is 1.04 bits per heavy atom. The average molecular weight is 341 g/mol. The van der Waals surface area contributed by atoms with E-state index in [4.69, 9.17) is 9.47 Å². The van der Waals surface area contributed by atoms with Crippen molar-refractivity contribution in [3.8, 4) is 5.75 Å². The molecule has 0 saturated carbocycles. The Hall–Kier alpha value is -2.14. The lowest BCUT2D eigenvalue weighted by atomic mass is 10.1. The molecule has 2 aromatic rings. The SMILES string of the molecule is C=CCOCc1ccc(OCC(O)CNCCc2ccccc2)cc1. The molecule has 0 bridgehead atoms. The summed E-state index contributed by atoms with van der Waals surface area (Å²) in [5.41, 5.74) is 2.37. The van der Waals surface area contributed by atoms with Gasteiger partial charge in [0.05, 0.1) is 13.2 Å². The van der Waals surface area contributed by atoms with Crippen LogP contribution in [0.25, 0.3) is 0 Å². The van der Waals surface area contributed by atoms with Crippen molar-refractivity contribution in [1.29, 1.82) is 0 Å². The van der Waals surface area contributed by atoms with Gasteiger partial charge >= 0.3 is 0 Å². The molecule has 0 saturated heterocycles. The molecule has 0 radical (unpaired) electrons. The molecule has 4 heteroatoms. The normalized spacial score (nSPS) is 11.9. The first-order chi connectivity index (χ1) is 12.3. The monoisotopic (exact) mass is 341 g/mol. The van der Waals surface area contributed by atoms with E-state index in [1.807, 2.05) is 42.5 Å². The van der Waals surface area contributed by atoms with Crippen molar-refractivity contribution >= 4 is 0 Å². The number of nitrogens with one attached hydrogen (secondary N) is 1. The van der Waals surface area contributed by atoms with Crippen molar-refractivity contribution in [1.82, 2.24) is 5.32 Å². The second-order valence-electron chi connectivity index (χ2n) is 5.85. The van der Waals surface area contributed by atoms with Crippen LogP contribution in [0, 0.1) is 0 Å². The number of hydrogen-bond acceptors (Lipinski definition) is 4. The summed E-state index contributed by atoms with van der Waals surface area (Å²) in [5, 5.41) is 13.2. The van der Waals surface area contributed by atoms with Crippen molar-refractivity contribution in [2.24, 2.45) is 0 Å². The van der Waals surface area contributed by atoms with Gasteiger partial charge in [-0.2, -0.15) is 0 Å². The van der Waals surface area contributed by atoms with Gasteiger partial charge in [-0.25, -0.2) is 0 Å². The van der Waals surface area contributed by atoms with Crippen LogP contribution >= 0.6 is 0 Å². The fraction of sp³-hybridized carbons (Fsp3) is 0.333. The fourth-order valence-corrected chi connectivity index (χ4v) is 2.34. The molecule has 0 spiro atoms. The minimum Gasteiger partial charge on any atom is -0.491 e. The zero-order valence-electron chi connectivity index (χ0n) is 14.6. The van der Waals surface area contributed by atoms with Gasteiger partial charge in [0.2, 0.25) is 0 Å². The van der Waals surface area contributed by atoms with Gasteiger partial charge in [0, 0.05) is 6.54 Å². The molecule has 2 aromatic carbocycles. The van der Waals surface area contributed by atoms with E-state index < -0.39 is 6.10 Å². The quantitative estimate of drug-likeness (QED) is 0.460. The van der Waals surface area contributed by atoms with E-state index in [0.29, 0.717) is 19.8 Å². The van der Waals surface area contributed by atoms with Crippen LogP contribution in [0.1, 0.15) is 11.1 Å². The van der Waals surface area contributed by atoms with Crippen LogP contribution in [0.15, 0.2) is 67.3 Å². The summed E-state index contributed by atoms with van der Waals surface area (Å²) in [4.78, 5) is 0. The van der Waals surface area contributed by atoms with Crippen molar-refractivity contribution in [3.05, 3.63) is 78.4 Å². The second-order valence-corrected chi connectivity index (χ2v) is 5.85. The Morgan fingerprint density at radius 2 is 1.80 bits per heavy atom. The van der Waals surface area contributed by atoms with E-state index in [2.05, 4.69) is 24.0 Å². The van der Waals surface area contributed by atoms with Crippen LogP contribution in [0.4, 0.5) is 0 Å². The van der Waals surface area contributed by atoms with Crippen molar-refractivity contribution < 1.29 is 14.6 Å². The first-order valence-electron chi connectivity index (χ1n) is 8.61. The highest BCUT2D eigenvalue weighted by Gasteiger charge is 2.05. The maximum absolute atomic E-state index is 9.99. The van der Waals surface area contributed by atoms with Crippen molar-refractivity contribution in [2.75, 3.05) is 26.3 Å². The molecule has 134 valence electrons. The molecule has 0 aromatic heterocycles. The van der Waals surface area contributed by atoms with Crippen molar-refractivity contribution in [2.45, 2.75) is 19.1 Å². The predicted octanol–water partition coefficient (Wildman–Crippen LogP) is 2.96. The summed E-state index contributed by atoms with van der Waals surface area (Å²) in [7, 11) is 0. The van der Waals surface area contributed by atoms with Crippen LogP contribution in [-0.2, 0) is 17.8 Å². The van der Waals surface area contributed by atoms with Crippen molar-refractivity contribution in [3.63, 3.8) is 0 Å². The molecule has 0 aliphatic carbocycles. The number of benzene rings is 2. The summed E-state index contributed by atoms with van der Waals surface area (Å²) in [6.45, 7) is 6.33. The van der Waals surface area contributed by atoms with E-state index >= 15 is 0 Å². The summed E-state index contributed by atoms with van der Waals surface area (Å²) < 4.78 is 11.0. The van der Waals surface area contributed by atoms with E-state index in [1.54, 1.807) is 6.08 Å². The highest BCUT2D eigenvalue weighted by atomic mass is 16.5. The summed E-state index contributed by atoms with van der Waals surface area (Å²) in [5.74, 6) is 0.746. The molecule has 0 aliphatic rings. The lowest BCUT2D eigenvalue weighted by molar-refractivity contribution is 0.106. The molecule has 0 amide bonds. The van der Waals surface area contributed by atoms with Gasteiger partial charge in [0.1, 0.15) is 18.5 Å². The number of rotatable bonds is 12. The minimum absolute atomic E-state index is 0.268. The number of aliphatic hydroxyl groups is 1. The van der Waals surface area contributed by atoms with Crippen LogP contribution in [-0.4, -0.2) is 37.5 Å². The zero-order chi connectivity index (χ0) is 17.7. The first-order valence-corrected chi connectivity index (χ1v) is 8.61. The maximum atomic E-state index is 9.99. The Labute approximate surface area is 150 Å². The Balaban J connectivity index is 1.59. The van der Waals surface area contributed by atoms with E-state index in [9.17, 15) is 5.11 Å². The fourth-order valence-electron chi connectivity index (χ4n) is 2.34. The topological polar surface area (TPSA) is 50.7 Å². The third-order valence-corrected chi connectivity index (χ3v) is 3.68. The molecular weight excluding hydrogens is 314 g/mol. The van der Waals surface area contributed by atoms with Gasteiger partial charge in [0.15, 0.2) is 0 Å². The highest BCUT2D eigenvalue weighted by Crippen LogP contribution is 2.13. The average Bonchev–Trinajstić information content (AvgIpc) is 2.66. The van der Waals surface area contributed by atoms with E-state index in [-0.39, 0.29) is 6.61 Å². The molecule has 0 fully saturated rings. The third-order valence-electron chi connectivity index (χ3n) is 3.68. The van der Waals surface area contributed by atoms with Gasteiger partial charge in [-0.05, 0) is 36.2 Å². The van der Waals surface area contributed by atoms with Gasteiger partial charge in [0.25, 0.3) is 0 Å². The first kappa shape index (κ1) is 19.2. The Kier molecular flexibility index (Phi) is 8.77. The highest BCUT2D eigenvalue weighted by molar-refractivity contribution is 5.26. The summed E-state index contributed by atoms with van der Waals surface area (Å²) in [6.07, 6.45) is 2.14. The number of hydrogen-bond donors (Lipinski definition) is 2. The lowest BCUT2D eigenvalue weighted by Gasteiger charge is -2.13. The van der Waals surface area contributed by atoms with Crippen LogP contribution in [0.5, 0.6) is 5.75 Å². The summed E-state index contributed by atoms with van der Waals surface area (Å²) in [6, 6.07) is 18.0. The van der Waals surface area contributed by atoms with Gasteiger partial charge < -0.3 is 19.9 Å². The van der Waals surface area contributed by atoms with Gasteiger partial charge in [-0.15, -0.1) is 6.58 Å². The molecule has 2 rings (SSSR count). The Morgan fingerprint density at radius 3 is 2.52 bits per heavy atom. The molecule has 2 N–H and O–H groups in total. The second kappa shape index (κ2) is 11.4. The molecule has 4 nitrogen and oxygen atoms in total. The van der Waals surface area contributed by atoms with Crippen LogP contribution in [0.3, 0.4) is 0 Å². The Bertz CT molecular complexity index is 598. The summed E-state index contributed by atoms with van der Waals surface area (Å²) >= 11 is 0. The van der Waals surface area contributed by atoms with Gasteiger partial charge in [-0.1, -0.05) is 48.5 Å². The predicted molar refractivity (Wildman–Crippen MR) is 101 cm³/mol. The van der Waals surface area contributed by atoms with Crippen LogP contribution in [0.2, 0.25) is 0 Å². The van der Waals surface area contributed by atoms with E-state index in [0.717, 1.165) is 24.3 Å². The van der Waals surface area contributed by atoms with Gasteiger partial charge in [-0.3, -0.25) is 0 Å². The molecule has 1 atom stereocenters. The number of aliphatic hydroxyl groups excluding tert-OH is 1. The molecule has 0 heterocycles. The smallest absolute Gasteiger partial charge is 0.119 e. The molecule has 0 aliphatic heterocycles. The molecule has 25 heavy (non-hydrogen) atoms. The molecular formula is C21H27NO3.